The number of aryl methyl sites for hydroxylation is 1. The lowest BCUT2D eigenvalue weighted by molar-refractivity contribution is -0.110. The summed E-state index contributed by atoms with van der Waals surface area (Å²) in [5.41, 5.74) is 5.66. The second-order valence-corrected chi connectivity index (χ2v) is 6.81. The van der Waals surface area contributed by atoms with Crippen LogP contribution in [0.25, 0.3) is 5.57 Å². The Morgan fingerprint density at radius 2 is 1.81 bits per heavy atom. The number of rotatable bonds is 2. The van der Waals surface area contributed by atoms with Crippen molar-refractivity contribution in [1.82, 2.24) is 4.90 Å². The third-order valence-electron chi connectivity index (χ3n) is 4.87. The van der Waals surface area contributed by atoms with E-state index >= 15 is 0 Å². The average Bonchev–Trinajstić information content (AvgIpc) is 3.08. The summed E-state index contributed by atoms with van der Waals surface area (Å²) in [4.78, 5) is 24.6. The van der Waals surface area contributed by atoms with Gasteiger partial charge in [-0.25, -0.2) is 9.98 Å². The van der Waals surface area contributed by atoms with E-state index in [0.717, 1.165) is 46.6 Å². The molecule has 0 atom stereocenters. The van der Waals surface area contributed by atoms with E-state index in [2.05, 4.69) is 6.08 Å². The molecule has 2 aliphatic carbocycles. The van der Waals surface area contributed by atoms with Crippen LogP contribution in [0.1, 0.15) is 24.0 Å². The SMILES string of the molecule is COc1ccc(C2=C3N=C(N(C)C)N=C3C3=CCCC=C3C2=O)c(C)c1. The molecule has 0 aromatic heterocycles. The topological polar surface area (TPSA) is 54.3 Å². The maximum atomic E-state index is 13.3. The summed E-state index contributed by atoms with van der Waals surface area (Å²) in [5, 5.41) is 0. The maximum absolute atomic E-state index is 13.3. The number of hydrogen-bond acceptors (Lipinski definition) is 5. The molecule has 132 valence electrons. The van der Waals surface area contributed by atoms with E-state index in [1.807, 2.05) is 50.2 Å². The smallest absolute Gasteiger partial charge is 0.226 e. The number of aliphatic imine (C=N–C) groups is 2. The highest BCUT2D eigenvalue weighted by atomic mass is 16.5. The van der Waals surface area contributed by atoms with E-state index in [0.29, 0.717) is 17.2 Å². The van der Waals surface area contributed by atoms with Crippen molar-refractivity contribution in [3.05, 3.63) is 58.3 Å². The number of methoxy groups -OCH3 is 1. The molecule has 1 aromatic carbocycles. The number of benzene rings is 1. The summed E-state index contributed by atoms with van der Waals surface area (Å²) in [6.07, 6.45) is 5.94. The fourth-order valence-electron chi connectivity index (χ4n) is 3.54. The van der Waals surface area contributed by atoms with Crippen LogP contribution in [0.5, 0.6) is 5.75 Å². The lowest BCUT2D eigenvalue weighted by Crippen LogP contribution is -2.24. The van der Waals surface area contributed by atoms with Crippen LogP contribution < -0.4 is 4.74 Å². The summed E-state index contributed by atoms with van der Waals surface area (Å²) >= 11 is 0. The van der Waals surface area contributed by atoms with Crippen molar-refractivity contribution in [2.24, 2.45) is 9.98 Å². The molecule has 5 nitrogen and oxygen atoms in total. The van der Waals surface area contributed by atoms with E-state index in [1.54, 1.807) is 7.11 Å². The van der Waals surface area contributed by atoms with Crippen molar-refractivity contribution >= 4 is 23.0 Å². The van der Waals surface area contributed by atoms with Gasteiger partial charge in [-0.2, -0.15) is 0 Å². The van der Waals surface area contributed by atoms with E-state index in [9.17, 15) is 4.79 Å². The standard InChI is InChI=1S/C21H21N3O2/c1-12-11-13(26-4)9-10-14(12)17-19-18(22-21(23-19)24(2)3)15-7-5-6-8-16(15)20(17)25/h7-11H,5-6H2,1-4H3. The molecule has 0 unspecified atom stereocenters. The zero-order valence-electron chi connectivity index (χ0n) is 15.5. The highest BCUT2D eigenvalue weighted by molar-refractivity contribution is 6.45. The Hall–Kier alpha value is -2.95. The number of hydrogen-bond donors (Lipinski definition) is 0. The van der Waals surface area contributed by atoms with Gasteiger partial charge in [0.1, 0.15) is 17.2 Å². The molecular formula is C21H21N3O2. The predicted molar refractivity (Wildman–Crippen MR) is 104 cm³/mol. The normalized spacial score (nSPS) is 18.5. The third-order valence-corrected chi connectivity index (χ3v) is 4.87. The average molecular weight is 347 g/mol. The Morgan fingerprint density at radius 3 is 2.46 bits per heavy atom. The number of nitrogens with zero attached hydrogens (tertiary/aromatic N) is 3. The maximum Gasteiger partial charge on any atom is 0.226 e. The molecule has 1 aliphatic heterocycles. The number of ether oxygens (including phenoxy) is 1. The summed E-state index contributed by atoms with van der Waals surface area (Å²) in [5.74, 6) is 1.43. The first-order chi connectivity index (χ1) is 12.5. The summed E-state index contributed by atoms with van der Waals surface area (Å²) in [6.45, 7) is 1.99. The monoisotopic (exact) mass is 347 g/mol. The third kappa shape index (κ3) is 2.43. The molecule has 0 amide bonds. The van der Waals surface area contributed by atoms with Crippen LogP contribution in [0.2, 0.25) is 0 Å². The molecule has 0 radical (unpaired) electrons. The lowest BCUT2D eigenvalue weighted by Gasteiger charge is -2.24. The molecule has 0 N–H and O–H groups in total. The Kier molecular flexibility index (Phi) is 3.87. The van der Waals surface area contributed by atoms with Gasteiger partial charge in [0, 0.05) is 25.2 Å². The van der Waals surface area contributed by atoms with Gasteiger partial charge in [0.25, 0.3) is 0 Å². The second-order valence-electron chi connectivity index (χ2n) is 6.81. The minimum atomic E-state index is 0.0296. The number of carbonyl (C=O) groups excluding carboxylic acids is 1. The van der Waals surface area contributed by atoms with Crippen LogP contribution >= 0.6 is 0 Å². The van der Waals surface area contributed by atoms with Crippen LogP contribution in [-0.4, -0.2) is 43.6 Å². The number of fused-ring (bicyclic) bond motifs is 3. The van der Waals surface area contributed by atoms with Gasteiger partial charge in [-0.15, -0.1) is 0 Å². The summed E-state index contributed by atoms with van der Waals surface area (Å²) < 4.78 is 5.31. The first-order valence-electron chi connectivity index (χ1n) is 8.71. The molecular weight excluding hydrogens is 326 g/mol. The molecule has 4 rings (SSSR count). The lowest BCUT2D eigenvalue weighted by atomic mass is 9.78. The van der Waals surface area contributed by atoms with Crippen LogP contribution in [0.3, 0.4) is 0 Å². The van der Waals surface area contributed by atoms with Crippen LogP contribution in [-0.2, 0) is 4.79 Å². The predicted octanol–water partition coefficient (Wildman–Crippen LogP) is 3.32. The molecule has 3 aliphatic rings. The zero-order valence-corrected chi connectivity index (χ0v) is 15.5. The largest absolute Gasteiger partial charge is 0.497 e. The van der Waals surface area contributed by atoms with Crippen LogP contribution in [0.15, 0.2) is 57.2 Å². The van der Waals surface area contributed by atoms with Gasteiger partial charge in [-0.05, 0) is 43.0 Å². The minimum absolute atomic E-state index is 0.0296. The molecule has 1 aromatic rings. The zero-order chi connectivity index (χ0) is 18.4. The Labute approximate surface area is 153 Å². The summed E-state index contributed by atoms with van der Waals surface area (Å²) in [6, 6.07) is 5.76. The first kappa shape index (κ1) is 16.5. The molecule has 0 saturated carbocycles. The van der Waals surface area contributed by atoms with Gasteiger partial charge >= 0.3 is 0 Å². The van der Waals surface area contributed by atoms with Crippen molar-refractivity contribution < 1.29 is 9.53 Å². The first-order valence-corrected chi connectivity index (χ1v) is 8.71. The van der Waals surface area contributed by atoms with Gasteiger partial charge < -0.3 is 9.64 Å². The molecule has 26 heavy (non-hydrogen) atoms. The Morgan fingerprint density at radius 1 is 1.08 bits per heavy atom. The Balaban J connectivity index is 1.98. The van der Waals surface area contributed by atoms with E-state index in [-0.39, 0.29) is 5.78 Å². The van der Waals surface area contributed by atoms with Crippen molar-refractivity contribution in [1.29, 1.82) is 0 Å². The number of ketones is 1. The number of carbonyl (C=O) groups is 1. The number of Topliss-reactive ketones (excluding diaryl/α,β-unsaturated/α-hetero) is 1. The second kappa shape index (κ2) is 6.09. The molecule has 1 heterocycles. The van der Waals surface area contributed by atoms with Crippen molar-refractivity contribution in [2.75, 3.05) is 21.2 Å². The van der Waals surface area contributed by atoms with Gasteiger partial charge in [0.15, 0.2) is 5.78 Å². The van der Waals surface area contributed by atoms with E-state index < -0.39 is 0 Å². The molecule has 5 heteroatoms. The molecule has 0 fully saturated rings. The minimum Gasteiger partial charge on any atom is -0.497 e. The molecule has 0 bridgehead atoms. The van der Waals surface area contributed by atoms with Crippen LogP contribution in [0, 0.1) is 6.92 Å². The molecule has 0 saturated heterocycles. The summed E-state index contributed by atoms with van der Waals surface area (Å²) in [7, 11) is 5.46. The quantitative estimate of drug-likeness (QED) is 0.825. The van der Waals surface area contributed by atoms with Crippen LogP contribution in [0.4, 0.5) is 0 Å². The van der Waals surface area contributed by atoms with Crippen molar-refractivity contribution in [3.8, 4) is 5.75 Å². The van der Waals surface area contributed by atoms with E-state index in [4.69, 9.17) is 14.7 Å². The highest BCUT2D eigenvalue weighted by Crippen LogP contribution is 2.40. The molecule has 0 spiro atoms. The van der Waals surface area contributed by atoms with Gasteiger partial charge in [0.05, 0.1) is 12.7 Å². The van der Waals surface area contributed by atoms with Gasteiger partial charge in [0.2, 0.25) is 5.96 Å². The number of guanidine groups is 1. The fraction of sp³-hybridized carbons (Fsp3) is 0.286. The van der Waals surface area contributed by atoms with Crippen molar-refractivity contribution in [3.63, 3.8) is 0 Å². The fourth-order valence-corrected chi connectivity index (χ4v) is 3.54. The van der Waals surface area contributed by atoms with Gasteiger partial charge in [-0.3, -0.25) is 4.79 Å². The Bertz CT molecular complexity index is 975. The van der Waals surface area contributed by atoms with E-state index in [1.165, 1.54) is 0 Å². The van der Waals surface area contributed by atoms with Crippen molar-refractivity contribution in [2.45, 2.75) is 19.8 Å². The highest BCUT2D eigenvalue weighted by Gasteiger charge is 2.38. The van der Waals surface area contributed by atoms with Gasteiger partial charge in [-0.1, -0.05) is 18.2 Å². The number of allylic oxidation sites excluding steroid dienone is 5.